The van der Waals surface area contributed by atoms with Gasteiger partial charge in [-0.15, -0.1) is 0 Å². The van der Waals surface area contributed by atoms with Crippen LogP contribution in [0, 0.1) is 0 Å². The average molecular weight is 933 g/mol. The molecule has 4 aliphatic rings. The predicted molar refractivity (Wildman–Crippen MR) is 252 cm³/mol. The van der Waals surface area contributed by atoms with Gasteiger partial charge in [0, 0.05) is 99.3 Å². The molecular formula is C46H57ClN10O7S. The van der Waals surface area contributed by atoms with E-state index in [-0.39, 0.29) is 52.1 Å². The highest BCUT2D eigenvalue weighted by Crippen LogP contribution is 2.39. The fourth-order valence-electron chi connectivity index (χ4n) is 9.21. The van der Waals surface area contributed by atoms with Crippen molar-refractivity contribution in [3.8, 4) is 11.5 Å². The number of ether oxygens (including phenoxy) is 2. The lowest BCUT2D eigenvalue weighted by Crippen LogP contribution is -2.53. The number of nitrogens with zero attached hydrogens (tertiary/aromatic N) is 7. The molecule has 1 atom stereocenters. The monoisotopic (exact) mass is 931 g/mol. The van der Waals surface area contributed by atoms with Gasteiger partial charge in [-0.3, -0.25) is 28.9 Å². The highest BCUT2D eigenvalue weighted by Gasteiger charge is 2.39. The van der Waals surface area contributed by atoms with Crippen LogP contribution >= 0.6 is 11.6 Å². The molecule has 0 saturated carbocycles. The number of imide groups is 1. The lowest BCUT2D eigenvalue weighted by molar-refractivity contribution is -0.136. The van der Waals surface area contributed by atoms with E-state index in [2.05, 4.69) is 53.6 Å². The van der Waals surface area contributed by atoms with E-state index in [0.29, 0.717) is 40.3 Å². The van der Waals surface area contributed by atoms with Crippen LogP contribution in [0.25, 0.3) is 0 Å². The number of amides is 3. The summed E-state index contributed by atoms with van der Waals surface area (Å²) in [5, 5.41) is 8.74. The molecular weight excluding hydrogens is 872 g/mol. The molecule has 65 heavy (non-hydrogen) atoms. The molecule has 0 aliphatic carbocycles. The number of methoxy groups -OCH3 is 2. The third-order valence-corrected chi connectivity index (χ3v) is 14.0. The first-order chi connectivity index (χ1) is 32.4. The largest absolute Gasteiger partial charge is 0.497 e. The Bertz CT molecular complexity index is 2680. The Labute approximate surface area is 389 Å². The fourth-order valence-corrected chi connectivity index (χ4v) is 9.85. The number of benzene rings is 3. The number of anilines is 6. The number of rotatable bonds is 15. The van der Waals surface area contributed by atoms with Crippen molar-refractivity contribution in [1.82, 2.24) is 30.0 Å². The summed E-state index contributed by atoms with van der Waals surface area (Å²) < 4.78 is 61.0. The number of aryl methyl sites for hydroxylation is 1. The zero-order valence-corrected chi connectivity index (χ0v) is 38.6. The molecule has 4 aromatic rings. The predicted octanol–water partition coefficient (Wildman–Crippen LogP) is 5.18. The number of nitrogens with one attached hydrogen (secondary N) is 3. The highest BCUT2D eigenvalue weighted by atomic mass is 35.5. The number of hydrogen-bond donors (Lipinski definition) is 3. The van der Waals surface area contributed by atoms with Crippen LogP contribution in [0.3, 0.4) is 0 Å². The van der Waals surface area contributed by atoms with Gasteiger partial charge in [-0.2, -0.15) is 4.98 Å². The Balaban J connectivity index is 0.861. The van der Waals surface area contributed by atoms with Crippen LogP contribution in [0.1, 0.15) is 63.8 Å². The van der Waals surface area contributed by atoms with E-state index < -0.39 is 28.9 Å². The summed E-state index contributed by atoms with van der Waals surface area (Å²) in [6.45, 7) is 6.16. The molecule has 1 unspecified atom stereocenters. The molecule has 3 saturated heterocycles. The smallest absolute Gasteiger partial charge is 0.255 e. The minimum atomic E-state index is -4.27. The summed E-state index contributed by atoms with van der Waals surface area (Å²) in [4.78, 5) is 55.4. The summed E-state index contributed by atoms with van der Waals surface area (Å²) in [5.74, 6) is 0.258. The molecule has 17 nitrogen and oxygen atoms in total. The number of piperidine rings is 2. The van der Waals surface area contributed by atoms with Gasteiger partial charge in [-0.05, 0) is 73.1 Å². The lowest BCUT2D eigenvalue weighted by atomic mass is 9.99. The van der Waals surface area contributed by atoms with Gasteiger partial charge in [0.15, 0.2) is 5.82 Å². The Hall–Kier alpha value is -5.69. The minimum Gasteiger partial charge on any atom is -0.497 e. The number of fused-ring (bicyclic) bond motifs is 1. The Morgan fingerprint density at radius 1 is 0.954 bits per heavy atom. The van der Waals surface area contributed by atoms with Gasteiger partial charge in [0.25, 0.3) is 5.91 Å². The summed E-state index contributed by atoms with van der Waals surface area (Å²) in [6.07, 6.45) is 6.49. The Morgan fingerprint density at radius 2 is 1.74 bits per heavy atom. The summed E-state index contributed by atoms with van der Waals surface area (Å²) >= 11 is 6.54. The molecule has 3 N–H and O–H groups in total. The van der Waals surface area contributed by atoms with Crippen LogP contribution in [-0.4, -0.2) is 136 Å². The standard InChI is InChI=1S/C46H57ClN10O7S/c1-6-30-24-37(50-46-48-27-35(47)43(52-46)49-36-10-8-33(63-3)25-40(36)53(2)65(5,61)62)41(64-4)26-39(30)56-17-14-32(15-18-56)55-21-19-54(20-22-55)16-13-29-7-9-34-31(23-29)28-57(45(34)60)38-11-12-42(58)51-44(38)59/h7-10,23-27,32,38H,6,11-22,28H2,1-5H3,(H,51,58,59)(H2,48,49,50,52)/i2D3. The van der Waals surface area contributed by atoms with Gasteiger partial charge in [0.2, 0.25) is 27.8 Å². The molecule has 0 radical (unpaired) electrons. The van der Waals surface area contributed by atoms with Crippen molar-refractivity contribution < 1.29 is 36.4 Å². The summed E-state index contributed by atoms with van der Waals surface area (Å²) in [5.41, 5.74) is 5.52. The van der Waals surface area contributed by atoms with Gasteiger partial charge >= 0.3 is 0 Å². The zero-order chi connectivity index (χ0) is 48.5. The number of carbonyl (C=O) groups is 3. The van der Waals surface area contributed by atoms with Crippen molar-refractivity contribution >= 4 is 73.9 Å². The third-order valence-electron chi connectivity index (χ3n) is 12.8. The quantitative estimate of drug-likeness (QED) is 0.133. The molecule has 8 rings (SSSR count). The van der Waals surface area contributed by atoms with Crippen molar-refractivity contribution in [3.63, 3.8) is 0 Å². The van der Waals surface area contributed by atoms with Crippen molar-refractivity contribution in [2.24, 2.45) is 0 Å². The van der Waals surface area contributed by atoms with Crippen LogP contribution in [0.4, 0.5) is 34.5 Å². The van der Waals surface area contributed by atoms with Gasteiger partial charge in [0.1, 0.15) is 22.6 Å². The van der Waals surface area contributed by atoms with E-state index in [0.717, 1.165) is 94.6 Å². The first-order valence-corrected chi connectivity index (χ1v) is 24.1. The maximum Gasteiger partial charge on any atom is 0.255 e. The van der Waals surface area contributed by atoms with Gasteiger partial charge in [0.05, 0.1) is 43.7 Å². The maximum absolute atomic E-state index is 13.1. The second-order valence-corrected chi connectivity index (χ2v) is 19.1. The van der Waals surface area contributed by atoms with Crippen LogP contribution in [-0.2, 0) is 39.0 Å². The van der Waals surface area contributed by atoms with Gasteiger partial charge in [-0.25, -0.2) is 13.4 Å². The van der Waals surface area contributed by atoms with Crippen LogP contribution in [0.15, 0.2) is 54.7 Å². The van der Waals surface area contributed by atoms with E-state index in [1.807, 2.05) is 24.3 Å². The SMILES string of the molecule is [2H]C([2H])([2H])N(c1cc(OC)ccc1Nc1nc(Nc2cc(CC)c(N3CCC(N4CCN(CCc5ccc6c(c5)CN(C5CCC(=O)NC5=O)C6=O)CC4)CC3)cc2OC)ncc1Cl)S(C)(=O)=O. The molecule has 0 spiro atoms. The van der Waals surface area contributed by atoms with Crippen molar-refractivity contribution in [1.29, 1.82) is 0 Å². The molecule has 3 amide bonds. The van der Waals surface area contributed by atoms with Gasteiger partial charge in [-0.1, -0.05) is 30.7 Å². The zero-order valence-electron chi connectivity index (χ0n) is 40.0. The van der Waals surface area contributed by atoms with Crippen molar-refractivity contribution in [2.75, 3.05) is 93.1 Å². The van der Waals surface area contributed by atoms with Crippen molar-refractivity contribution in [3.05, 3.63) is 82.0 Å². The third kappa shape index (κ3) is 10.1. The summed E-state index contributed by atoms with van der Waals surface area (Å²) in [7, 11) is -1.28. The molecule has 3 aromatic carbocycles. The number of sulfonamides is 1. The maximum atomic E-state index is 13.1. The topological polar surface area (TPSA) is 182 Å². The molecule has 1 aromatic heterocycles. The molecule has 346 valence electrons. The molecule has 3 fully saturated rings. The van der Waals surface area contributed by atoms with Crippen molar-refractivity contribution in [2.45, 2.75) is 64.1 Å². The second-order valence-electron chi connectivity index (χ2n) is 16.8. The molecule has 4 aliphatic heterocycles. The number of piperazine rings is 1. The second kappa shape index (κ2) is 19.4. The van der Waals surface area contributed by atoms with E-state index >= 15 is 0 Å². The summed E-state index contributed by atoms with van der Waals surface area (Å²) in [6, 6.07) is 14.3. The fraction of sp³-hybridized carbons (Fsp3) is 0.457. The molecule has 0 bridgehead atoms. The normalized spacial score (nSPS) is 19.6. The van der Waals surface area contributed by atoms with E-state index in [4.69, 9.17) is 25.2 Å². The average Bonchev–Trinajstić information content (AvgIpc) is 3.63. The van der Waals surface area contributed by atoms with E-state index in [1.165, 1.54) is 31.0 Å². The first-order valence-electron chi connectivity index (χ1n) is 23.4. The van der Waals surface area contributed by atoms with Gasteiger partial charge < -0.3 is 34.8 Å². The minimum absolute atomic E-state index is 0.0996. The first kappa shape index (κ1) is 42.0. The molecule has 19 heteroatoms. The van der Waals surface area contributed by atoms with E-state index in [1.54, 1.807) is 18.1 Å². The number of halogens is 1. The Morgan fingerprint density at radius 3 is 2.43 bits per heavy atom. The molecule has 5 heterocycles. The highest BCUT2D eigenvalue weighted by molar-refractivity contribution is 7.92. The lowest BCUT2D eigenvalue weighted by Gasteiger charge is -2.43. The number of hydrogen-bond acceptors (Lipinski definition) is 14. The van der Waals surface area contributed by atoms with Crippen LogP contribution in [0.5, 0.6) is 11.5 Å². The van der Waals surface area contributed by atoms with E-state index in [9.17, 15) is 22.8 Å². The Kier molecular flexibility index (Phi) is 12.5. The van der Waals surface area contributed by atoms with Crippen LogP contribution in [0.2, 0.25) is 5.02 Å². The number of aromatic nitrogens is 2. The number of carbonyl (C=O) groups excluding carboxylic acids is 3. The van der Waals surface area contributed by atoms with Crippen LogP contribution < -0.4 is 34.6 Å².